The van der Waals surface area contributed by atoms with Gasteiger partial charge >= 0.3 is 6.09 Å². The smallest absolute Gasteiger partial charge is 0.407 e. The Balaban J connectivity index is 1.57. The third-order valence-electron chi connectivity index (χ3n) is 7.92. The number of carbonyl (C=O) groups excluding carboxylic acids is 3. The fraction of sp³-hybridized carbons (Fsp3) is 0.464. The number of halogens is 4. The van der Waals surface area contributed by atoms with Gasteiger partial charge in [0.25, 0.3) is 5.91 Å². The van der Waals surface area contributed by atoms with Crippen LogP contribution in [-0.2, 0) is 19.4 Å². The molecule has 4 rings (SSSR count). The molecule has 0 radical (unpaired) electrons. The first-order chi connectivity index (χ1) is 19.6. The van der Waals surface area contributed by atoms with Crippen LogP contribution in [0.3, 0.4) is 0 Å². The van der Waals surface area contributed by atoms with Gasteiger partial charge in [-0.25, -0.2) is 26.4 Å². The van der Waals surface area contributed by atoms with Crippen LogP contribution in [0.2, 0.25) is 5.02 Å². The maximum absolute atomic E-state index is 13.9. The molecule has 5 atom stereocenters. The molecule has 3 amide bonds. The highest BCUT2D eigenvalue weighted by atomic mass is 35.5. The average Bonchev–Trinajstić information content (AvgIpc) is 3.12. The molecule has 2 unspecified atom stereocenters. The molecule has 9 nitrogen and oxygen atoms in total. The van der Waals surface area contributed by atoms with Gasteiger partial charge in [0, 0.05) is 35.5 Å². The quantitative estimate of drug-likeness (QED) is 0.419. The summed E-state index contributed by atoms with van der Waals surface area (Å²) in [6, 6.07) is 3.10. The van der Waals surface area contributed by atoms with E-state index in [1.165, 1.54) is 19.2 Å². The Morgan fingerprint density at radius 3 is 2.26 bits per heavy atom. The molecular formula is C28H31ClF3N3O6S. The topological polar surface area (TPSA) is 122 Å². The first kappa shape index (κ1) is 31.6. The second kappa shape index (κ2) is 12.1. The number of nitrogens with zero attached hydrogens (tertiary/aromatic N) is 1. The van der Waals surface area contributed by atoms with Crippen LogP contribution < -0.4 is 10.6 Å². The standard InChI is InChI=1S/C28H31ClF3N3O6S/c1-13(2)25(34-28(38)41-4)27(37)35-17-7-14(3)22(35)12-18(11-17)42(39,40)23-8-15(5-6-19(23)29)26(36)33-16-9-20(30)24(32)21(31)10-16/h5-6,8-10,13-14,17-18,22,25H,7,11-12H2,1-4H3,(H,33,36)(H,34,38)/t14-,17?,18+,22?,25-/m0/s1. The van der Waals surface area contributed by atoms with Gasteiger partial charge in [-0.2, -0.15) is 0 Å². The van der Waals surface area contributed by atoms with Gasteiger partial charge in [-0.1, -0.05) is 32.4 Å². The van der Waals surface area contributed by atoms with Crippen LogP contribution in [0.25, 0.3) is 0 Å². The van der Waals surface area contributed by atoms with E-state index < -0.39 is 62.7 Å². The maximum Gasteiger partial charge on any atom is 0.407 e. The van der Waals surface area contributed by atoms with Crippen molar-refractivity contribution < 1.29 is 40.7 Å². The minimum absolute atomic E-state index is 0.00540. The number of hydrogen-bond acceptors (Lipinski definition) is 6. The number of alkyl carbamates (subject to hydrolysis) is 1. The average molecular weight is 630 g/mol. The summed E-state index contributed by atoms with van der Waals surface area (Å²) in [5, 5.41) is 3.77. The molecule has 14 heteroatoms. The lowest BCUT2D eigenvalue weighted by molar-refractivity contribution is -0.139. The first-order valence-corrected chi connectivity index (χ1v) is 15.2. The van der Waals surface area contributed by atoms with E-state index in [0.717, 1.165) is 6.07 Å². The van der Waals surface area contributed by atoms with Gasteiger partial charge in [0.15, 0.2) is 27.3 Å². The fourth-order valence-electron chi connectivity index (χ4n) is 5.80. The van der Waals surface area contributed by atoms with E-state index in [1.807, 2.05) is 6.92 Å². The van der Waals surface area contributed by atoms with Crippen LogP contribution in [0.15, 0.2) is 35.2 Å². The van der Waals surface area contributed by atoms with E-state index in [9.17, 15) is 36.0 Å². The van der Waals surface area contributed by atoms with E-state index in [4.69, 9.17) is 11.6 Å². The highest BCUT2D eigenvalue weighted by Crippen LogP contribution is 2.44. The van der Waals surface area contributed by atoms with E-state index in [1.54, 1.807) is 18.7 Å². The number of fused-ring (bicyclic) bond motifs is 2. The van der Waals surface area contributed by atoms with Crippen molar-refractivity contribution in [2.24, 2.45) is 11.8 Å². The van der Waals surface area contributed by atoms with Crippen molar-refractivity contribution in [3.05, 3.63) is 58.4 Å². The van der Waals surface area contributed by atoms with Crippen LogP contribution in [-0.4, -0.2) is 61.7 Å². The number of ether oxygens (including phenoxy) is 1. The Bertz CT molecular complexity index is 1500. The minimum atomic E-state index is -4.11. The zero-order valence-electron chi connectivity index (χ0n) is 23.3. The molecule has 2 fully saturated rings. The van der Waals surface area contributed by atoms with Crippen molar-refractivity contribution in [1.82, 2.24) is 10.2 Å². The Labute approximate surface area is 246 Å². The molecule has 2 aliphatic heterocycles. The monoisotopic (exact) mass is 629 g/mol. The SMILES string of the molecule is COC(=O)N[C@H](C(=O)N1C2C[C@@H](S(=O)(=O)c3cc(C(=O)Nc4cc(F)c(F)c(F)c4)ccc3Cl)CC1[C@@H](C)C2)C(C)C. The fourth-order valence-corrected chi connectivity index (χ4v) is 8.16. The number of sulfone groups is 1. The Morgan fingerprint density at radius 1 is 1.05 bits per heavy atom. The lowest BCUT2D eigenvalue weighted by Gasteiger charge is -2.41. The Kier molecular flexibility index (Phi) is 9.12. The first-order valence-electron chi connectivity index (χ1n) is 13.3. The molecule has 0 aliphatic carbocycles. The molecule has 228 valence electrons. The van der Waals surface area contributed by atoms with Gasteiger partial charge in [-0.15, -0.1) is 0 Å². The lowest BCUT2D eigenvalue weighted by atomic mass is 9.95. The highest BCUT2D eigenvalue weighted by molar-refractivity contribution is 7.92. The number of anilines is 1. The molecule has 2 N–H and O–H groups in total. The summed E-state index contributed by atoms with van der Waals surface area (Å²) in [6.07, 6.45) is 0.0779. The number of amides is 3. The van der Waals surface area contributed by atoms with Crippen LogP contribution >= 0.6 is 11.6 Å². The number of rotatable bonds is 7. The van der Waals surface area contributed by atoms with Crippen molar-refractivity contribution in [3.8, 4) is 0 Å². The van der Waals surface area contributed by atoms with Crippen LogP contribution in [0.4, 0.5) is 23.7 Å². The van der Waals surface area contributed by atoms with Crippen molar-refractivity contribution in [3.63, 3.8) is 0 Å². The predicted octanol–water partition coefficient (Wildman–Crippen LogP) is 4.93. The third-order valence-corrected chi connectivity index (χ3v) is 10.6. The van der Waals surface area contributed by atoms with Gasteiger partial charge in [0.2, 0.25) is 5.91 Å². The zero-order chi connectivity index (χ0) is 31.1. The third kappa shape index (κ3) is 6.07. The highest BCUT2D eigenvalue weighted by Gasteiger charge is 2.52. The zero-order valence-corrected chi connectivity index (χ0v) is 24.9. The number of carbonyl (C=O) groups is 3. The van der Waals surface area contributed by atoms with Gasteiger partial charge < -0.3 is 20.3 Å². The van der Waals surface area contributed by atoms with Crippen molar-refractivity contribution >= 4 is 45.0 Å². The largest absolute Gasteiger partial charge is 0.453 e. The molecular weight excluding hydrogens is 599 g/mol. The van der Waals surface area contributed by atoms with Crippen molar-refractivity contribution in [1.29, 1.82) is 0 Å². The van der Waals surface area contributed by atoms with Gasteiger partial charge in [-0.05, 0) is 49.3 Å². The lowest BCUT2D eigenvalue weighted by Crippen LogP contribution is -2.58. The molecule has 2 bridgehead atoms. The van der Waals surface area contributed by atoms with E-state index in [2.05, 4.69) is 15.4 Å². The summed E-state index contributed by atoms with van der Waals surface area (Å²) in [7, 11) is -2.91. The molecule has 0 aromatic heterocycles. The predicted molar refractivity (Wildman–Crippen MR) is 148 cm³/mol. The molecule has 2 heterocycles. The molecule has 2 aromatic carbocycles. The maximum atomic E-state index is 13.9. The molecule has 2 saturated heterocycles. The van der Waals surface area contributed by atoms with Crippen LogP contribution in [0.1, 0.15) is 50.4 Å². The van der Waals surface area contributed by atoms with Gasteiger partial charge in [0.05, 0.1) is 22.3 Å². The molecule has 42 heavy (non-hydrogen) atoms. The summed E-state index contributed by atoms with van der Waals surface area (Å²) in [5.41, 5.74) is -0.513. The number of hydrogen-bond donors (Lipinski definition) is 2. The van der Waals surface area contributed by atoms with Crippen molar-refractivity contribution in [2.45, 2.75) is 68.3 Å². The second-order valence-electron chi connectivity index (χ2n) is 11.0. The molecule has 2 aliphatic rings. The number of nitrogens with one attached hydrogen (secondary N) is 2. The van der Waals surface area contributed by atoms with Gasteiger partial charge in [0.1, 0.15) is 6.04 Å². The number of benzene rings is 2. The minimum Gasteiger partial charge on any atom is -0.453 e. The summed E-state index contributed by atoms with van der Waals surface area (Å²) >= 11 is 6.29. The molecule has 0 saturated carbocycles. The van der Waals surface area contributed by atoms with E-state index in [-0.39, 0.29) is 51.8 Å². The van der Waals surface area contributed by atoms with E-state index >= 15 is 0 Å². The normalized spacial score (nSPS) is 22.5. The van der Waals surface area contributed by atoms with Crippen LogP contribution in [0, 0.1) is 29.3 Å². The molecule has 2 aromatic rings. The summed E-state index contributed by atoms with van der Waals surface area (Å²) in [4.78, 5) is 39.7. The van der Waals surface area contributed by atoms with Gasteiger partial charge in [-0.3, -0.25) is 9.59 Å². The Morgan fingerprint density at radius 2 is 1.69 bits per heavy atom. The summed E-state index contributed by atoms with van der Waals surface area (Å²) in [5.74, 6) is -6.14. The second-order valence-corrected chi connectivity index (χ2v) is 13.6. The van der Waals surface area contributed by atoms with Crippen LogP contribution in [0.5, 0.6) is 0 Å². The number of methoxy groups -OCH3 is 1. The summed E-state index contributed by atoms with van der Waals surface area (Å²) in [6.45, 7) is 5.52. The Hall–Kier alpha value is -3.32. The molecule has 0 spiro atoms. The van der Waals surface area contributed by atoms with E-state index in [0.29, 0.717) is 18.6 Å². The number of piperidine rings is 1. The van der Waals surface area contributed by atoms with Crippen molar-refractivity contribution in [2.75, 3.05) is 12.4 Å². The summed E-state index contributed by atoms with van der Waals surface area (Å²) < 4.78 is 72.9.